The van der Waals surface area contributed by atoms with Gasteiger partial charge in [-0.25, -0.2) is 4.98 Å². The van der Waals surface area contributed by atoms with Gasteiger partial charge in [0.05, 0.1) is 24.8 Å². The van der Waals surface area contributed by atoms with Crippen molar-refractivity contribution in [3.05, 3.63) is 39.7 Å². The number of primary amides is 1. The average molecular weight is 401 g/mol. The number of thiazole rings is 1. The zero-order chi connectivity index (χ0) is 20.8. The average Bonchev–Trinajstić information content (AvgIpc) is 3.15. The van der Waals surface area contributed by atoms with E-state index in [2.05, 4.69) is 14.9 Å². The highest BCUT2D eigenvalue weighted by atomic mass is 32.1. The summed E-state index contributed by atoms with van der Waals surface area (Å²) in [5, 5.41) is 14.0. The van der Waals surface area contributed by atoms with Gasteiger partial charge in [-0.3, -0.25) is 14.9 Å². The normalized spacial score (nSPS) is 12.5. The minimum absolute atomic E-state index is 0.00103. The van der Waals surface area contributed by atoms with Crippen LogP contribution in [0.3, 0.4) is 0 Å². The summed E-state index contributed by atoms with van der Waals surface area (Å²) in [6.07, 6.45) is 1.56. The Morgan fingerprint density at radius 1 is 1.50 bits per heavy atom. The quantitative estimate of drug-likeness (QED) is 0.519. The molecule has 148 valence electrons. The summed E-state index contributed by atoms with van der Waals surface area (Å²) in [6, 6.07) is 4.00. The van der Waals surface area contributed by atoms with Crippen molar-refractivity contribution < 1.29 is 14.3 Å². The Kier molecular flexibility index (Phi) is 7.09. The van der Waals surface area contributed by atoms with E-state index in [9.17, 15) is 14.9 Å². The summed E-state index contributed by atoms with van der Waals surface area (Å²) in [4.78, 5) is 27.5. The number of aromatic nitrogens is 2. The van der Waals surface area contributed by atoms with Crippen LogP contribution in [0.4, 0.5) is 5.13 Å². The Bertz CT molecular complexity index is 951. The number of nitrogens with one attached hydrogen (secondary N) is 1. The molecule has 1 atom stereocenters. The molecular weight excluding hydrogens is 378 g/mol. The van der Waals surface area contributed by atoms with Crippen LogP contribution in [0.15, 0.2) is 17.0 Å². The van der Waals surface area contributed by atoms with E-state index < -0.39 is 11.8 Å². The van der Waals surface area contributed by atoms with Crippen molar-refractivity contribution in [1.29, 1.82) is 5.26 Å². The molecule has 2 aromatic rings. The van der Waals surface area contributed by atoms with Crippen LogP contribution < -0.4 is 11.1 Å². The predicted octanol–water partition coefficient (Wildman–Crippen LogP) is 2.34. The molecule has 0 fully saturated rings. The van der Waals surface area contributed by atoms with E-state index in [4.69, 9.17) is 10.5 Å². The molecule has 3 N–H and O–H groups in total. The van der Waals surface area contributed by atoms with Gasteiger partial charge < -0.3 is 15.0 Å². The number of carbonyl (C=O) groups excluding carboxylic acids is 2. The van der Waals surface area contributed by atoms with Crippen LogP contribution in [-0.2, 0) is 20.7 Å². The third kappa shape index (κ3) is 5.06. The maximum absolute atomic E-state index is 12.5. The fraction of sp³-hybridized carbons (Fsp3) is 0.368. The lowest BCUT2D eigenvalue weighted by Crippen LogP contribution is -2.15. The van der Waals surface area contributed by atoms with E-state index in [-0.39, 0.29) is 18.0 Å². The number of amides is 2. The Labute approximate surface area is 167 Å². The molecule has 2 heterocycles. The first-order chi connectivity index (χ1) is 13.3. The van der Waals surface area contributed by atoms with Crippen LogP contribution >= 0.6 is 11.3 Å². The third-order valence-electron chi connectivity index (χ3n) is 4.16. The van der Waals surface area contributed by atoms with Gasteiger partial charge in [-0.05, 0) is 38.5 Å². The molecule has 1 unspecified atom stereocenters. The number of ether oxygens (including phenoxy) is 1. The monoisotopic (exact) mass is 401 g/mol. The molecule has 9 heteroatoms. The second kappa shape index (κ2) is 9.30. The number of hydrogen-bond acceptors (Lipinski definition) is 6. The van der Waals surface area contributed by atoms with Gasteiger partial charge in [0, 0.05) is 23.9 Å². The number of aryl methyl sites for hydroxylation is 1. The van der Waals surface area contributed by atoms with Crippen LogP contribution in [0.2, 0.25) is 0 Å². The highest BCUT2D eigenvalue weighted by Crippen LogP contribution is 2.23. The minimum Gasteiger partial charge on any atom is -0.383 e. The van der Waals surface area contributed by atoms with Crippen molar-refractivity contribution in [2.45, 2.75) is 33.2 Å². The molecule has 0 bridgehead atoms. The highest BCUT2D eigenvalue weighted by molar-refractivity contribution is 7.14. The minimum atomic E-state index is -0.558. The molecule has 0 radical (unpaired) electrons. The van der Waals surface area contributed by atoms with Gasteiger partial charge in [0.1, 0.15) is 11.6 Å². The summed E-state index contributed by atoms with van der Waals surface area (Å²) in [6.45, 7) is 6.51. The standard InChI is InChI=1S/C19H23N5O3S/c1-11-5-14(13(3)24(11)12(2)9-27-4)6-15(8-20)18(26)23-19-22-16(10-28-19)7-17(21)25/h5-6,10,12H,7,9H2,1-4H3,(H2,21,25)(H,22,23,26)/b15-6+. The lowest BCUT2D eigenvalue weighted by molar-refractivity contribution is -0.117. The SMILES string of the molecule is COCC(C)n1c(C)cc(/C=C(\C#N)C(=O)Nc2nc(CC(N)=O)cs2)c1C. The van der Waals surface area contributed by atoms with Gasteiger partial charge in [-0.1, -0.05) is 0 Å². The van der Waals surface area contributed by atoms with Crippen molar-refractivity contribution >= 4 is 34.4 Å². The fourth-order valence-electron chi connectivity index (χ4n) is 3.04. The number of anilines is 1. The van der Waals surface area contributed by atoms with E-state index in [1.165, 1.54) is 11.3 Å². The summed E-state index contributed by atoms with van der Waals surface area (Å²) in [7, 11) is 1.65. The van der Waals surface area contributed by atoms with E-state index >= 15 is 0 Å². The fourth-order valence-corrected chi connectivity index (χ4v) is 3.74. The number of nitrogens with two attached hydrogens (primary N) is 1. The molecule has 0 saturated carbocycles. The molecule has 28 heavy (non-hydrogen) atoms. The van der Waals surface area contributed by atoms with Gasteiger partial charge in [0.15, 0.2) is 5.13 Å². The Hall–Kier alpha value is -2.96. The van der Waals surface area contributed by atoms with Crippen LogP contribution in [-0.4, -0.2) is 35.1 Å². The number of nitriles is 1. The molecular formula is C19H23N5O3S. The number of carbonyl (C=O) groups is 2. The molecule has 2 aromatic heterocycles. The number of rotatable bonds is 8. The summed E-state index contributed by atoms with van der Waals surface area (Å²) in [5.41, 5.74) is 8.33. The van der Waals surface area contributed by atoms with E-state index in [0.29, 0.717) is 17.4 Å². The maximum atomic E-state index is 12.5. The van der Waals surface area contributed by atoms with Gasteiger partial charge in [-0.2, -0.15) is 5.26 Å². The van der Waals surface area contributed by atoms with E-state index in [1.54, 1.807) is 18.6 Å². The highest BCUT2D eigenvalue weighted by Gasteiger charge is 2.17. The van der Waals surface area contributed by atoms with Crippen molar-refractivity contribution in [3.63, 3.8) is 0 Å². The Balaban J connectivity index is 2.23. The van der Waals surface area contributed by atoms with Crippen molar-refractivity contribution in [2.75, 3.05) is 19.0 Å². The molecule has 0 saturated heterocycles. The van der Waals surface area contributed by atoms with Crippen molar-refractivity contribution in [1.82, 2.24) is 9.55 Å². The lowest BCUT2D eigenvalue weighted by Gasteiger charge is -2.17. The molecule has 0 aliphatic carbocycles. The summed E-state index contributed by atoms with van der Waals surface area (Å²) in [5.74, 6) is -1.06. The molecule has 8 nitrogen and oxygen atoms in total. The second-order valence-electron chi connectivity index (χ2n) is 6.41. The zero-order valence-electron chi connectivity index (χ0n) is 16.3. The number of hydrogen-bond donors (Lipinski definition) is 2. The number of methoxy groups -OCH3 is 1. The maximum Gasteiger partial charge on any atom is 0.268 e. The summed E-state index contributed by atoms with van der Waals surface area (Å²) < 4.78 is 7.33. The van der Waals surface area contributed by atoms with Crippen molar-refractivity contribution in [2.24, 2.45) is 5.73 Å². The Morgan fingerprint density at radius 3 is 2.82 bits per heavy atom. The second-order valence-corrected chi connectivity index (χ2v) is 7.27. The Morgan fingerprint density at radius 2 is 2.21 bits per heavy atom. The zero-order valence-corrected chi connectivity index (χ0v) is 17.1. The summed E-state index contributed by atoms with van der Waals surface area (Å²) >= 11 is 1.17. The van der Waals surface area contributed by atoms with Gasteiger partial charge in [0.2, 0.25) is 5.91 Å². The lowest BCUT2D eigenvalue weighted by atomic mass is 10.1. The molecule has 2 amide bonds. The first kappa shape index (κ1) is 21.3. The van der Waals surface area contributed by atoms with E-state index in [1.807, 2.05) is 32.9 Å². The first-order valence-corrected chi connectivity index (χ1v) is 9.48. The molecule has 0 aromatic carbocycles. The first-order valence-electron chi connectivity index (χ1n) is 8.60. The van der Waals surface area contributed by atoms with Gasteiger partial charge in [0.25, 0.3) is 5.91 Å². The van der Waals surface area contributed by atoms with Gasteiger partial charge in [-0.15, -0.1) is 11.3 Å². The molecule has 0 aliphatic rings. The molecule has 0 spiro atoms. The molecule has 2 rings (SSSR count). The molecule has 0 aliphatic heterocycles. The smallest absolute Gasteiger partial charge is 0.268 e. The van der Waals surface area contributed by atoms with Crippen LogP contribution in [0, 0.1) is 25.2 Å². The van der Waals surface area contributed by atoms with Crippen molar-refractivity contribution in [3.8, 4) is 6.07 Å². The largest absolute Gasteiger partial charge is 0.383 e. The van der Waals surface area contributed by atoms with Crippen LogP contribution in [0.25, 0.3) is 6.08 Å². The third-order valence-corrected chi connectivity index (χ3v) is 4.97. The van der Waals surface area contributed by atoms with E-state index in [0.717, 1.165) is 17.0 Å². The van der Waals surface area contributed by atoms with Crippen LogP contribution in [0.5, 0.6) is 0 Å². The number of nitrogens with zero attached hydrogens (tertiary/aromatic N) is 3. The van der Waals surface area contributed by atoms with Crippen LogP contribution in [0.1, 0.15) is 35.6 Å². The predicted molar refractivity (Wildman–Crippen MR) is 108 cm³/mol. The van der Waals surface area contributed by atoms with Gasteiger partial charge >= 0.3 is 0 Å². The topological polar surface area (TPSA) is 123 Å².